The van der Waals surface area contributed by atoms with E-state index in [4.69, 9.17) is 10.1 Å². The first-order valence-corrected chi connectivity index (χ1v) is 0.383. The molecule has 0 fully saturated rings. The maximum atomic E-state index is 8.11. The molecule has 24 valence electrons. The Hall–Kier alpha value is 0.0883. The summed E-state index contributed by atoms with van der Waals surface area (Å²) in [4.78, 5) is 8.11. The first-order chi connectivity index (χ1) is 1.41. The van der Waals surface area contributed by atoms with Gasteiger partial charge in [-0.1, -0.05) is 0 Å². The van der Waals surface area contributed by atoms with Gasteiger partial charge in [0.2, 0.25) is 0 Å². The Morgan fingerprint density at radius 3 is 1.75 bits per heavy atom. The van der Waals surface area contributed by atoms with Gasteiger partial charge in [0.15, 0.2) is 5.34 Å². The van der Waals surface area contributed by atoms with Crippen LogP contribution in [0.15, 0.2) is 5.34 Å². The molecule has 3 nitrogen and oxygen atoms in total. The maximum absolute atomic E-state index is 8.11. The molecule has 0 bridgehead atoms. The van der Waals surface area contributed by atoms with E-state index in [1.165, 1.54) is 5.34 Å². The molecule has 0 aliphatic heterocycles. The van der Waals surface area contributed by atoms with Crippen molar-refractivity contribution >= 4 is 0 Å². The van der Waals surface area contributed by atoms with E-state index in [9.17, 15) is 0 Å². The van der Waals surface area contributed by atoms with Gasteiger partial charge in [-0.05, 0) is 0 Å². The molecule has 0 unspecified atom stereocenters. The van der Waals surface area contributed by atoms with Crippen molar-refractivity contribution < 1.29 is 26.3 Å². The van der Waals surface area contributed by atoms with Gasteiger partial charge < -0.3 is 5.21 Å². The van der Waals surface area contributed by atoms with E-state index in [1.807, 2.05) is 0 Å². The van der Waals surface area contributed by atoms with E-state index in [1.54, 1.807) is 0 Å². The van der Waals surface area contributed by atoms with Crippen LogP contribution < -0.4 is 0 Å². The minimum Gasteiger partial charge on any atom is -0.379 e. The molecule has 4 heavy (non-hydrogen) atoms. The molecule has 0 atom stereocenters. The summed E-state index contributed by atoms with van der Waals surface area (Å²) in [5.41, 5.74) is 0. The molecule has 0 saturated heterocycles. The third-order valence-corrected chi connectivity index (χ3v) is 0. The van der Waals surface area contributed by atoms with E-state index in [0.29, 0.717) is 0 Å². The van der Waals surface area contributed by atoms with Crippen LogP contribution in [-0.4, -0.2) is 5.21 Å². The van der Waals surface area contributed by atoms with Crippen molar-refractivity contribution in [3.63, 3.8) is 0 Å². The van der Waals surface area contributed by atoms with Crippen LogP contribution in [0.25, 0.3) is 0 Å². The summed E-state index contributed by atoms with van der Waals surface area (Å²) in [5, 5.41) is 7.89. The molecule has 0 radical (unpaired) electrons. The van der Waals surface area contributed by atoms with Crippen LogP contribution in [0.1, 0.15) is 0 Å². The molecule has 0 rings (SSSR count). The van der Waals surface area contributed by atoms with Gasteiger partial charge in [0.05, 0.1) is 0 Å². The molecule has 0 aromatic rings. The molecule has 0 aliphatic carbocycles. The molecule has 0 saturated carbocycles. The number of rotatable bonds is 0. The summed E-state index contributed by atoms with van der Waals surface area (Å²) in [7, 11) is 0. The second kappa shape index (κ2) is 11.4. The van der Waals surface area contributed by atoms with E-state index < -0.39 is 0 Å². The molecule has 0 aliphatic rings. The van der Waals surface area contributed by atoms with Crippen LogP contribution >= 0.6 is 0 Å². The topological polar surface area (TPSA) is 49.7 Å². The van der Waals surface area contributed by atoms with Crippen molar-refractivity contribution in [2.75, 3.05) is 0 Å². The minimum absolute atomic E-state index is 0. The van der Waals surface area contributed by atoms with Crippen LogP contribution in [0, 0.1) is 4.91 Å². The summed E-state index contributed by atoms with van der Waals surface area (Å²) < 4.78 is 0. The normalized spacial score (nSPS) is 3.00. The third kappa shape index (κ3) is 317. The number of hydrogen-bond donors (Lipinski definition) is 1. The Balaban J connectivity index is 0. The Bertz CT molecular complexity index is 13.5. The zero-order chi connectivity index (χ0) is 2.71. The summed E-state index contributed by atoms with van der Waals surface area (Å²) in [5.74, 6) is 0. The van der Waals surface area contributed by atoms with Crippen molar-refractivity contribution in [1.82, 2.24) is 0 Å². The average molecular weight is 231 g/mol. The van der Waals surface area contributed by atoms with Crippen molar-refractivity contribution in [2.24, 2.45) is 5.34 Å². The molecular formula is HNO2W. The van der Waals surface area contributed by atoms with Crippen LogP contribution in [0.3, 0.4) is 0 Å². The van der Waals surface area contributed by atoms with Gasteiger partial charge in [0, 0.05) is 21.1 Å². The van der Waals surface area contributed by atoms with Gasteiger partial charge in [0.25, 0.3) is 0 Å². The largest absolute Gasteiger partial charge is 0.379 e. The predicted molar refractivity (Wildman–Crippen MR) is 7.58 cm³/mol. The Morgan fingerprint density at radius 2 is 1.75 bits per heavy atom. The fraction of sp³-hybridized carbons (Fsp3) is 0. The van der Waals surface area contributed by atoms with Crippen LogP contribution in [-0.2, 0) is 21.1 Å². The summed E-state index contributed by atoms with van der Waals surface area (Å²) in [6, 6.07) is 0. The quantitative estimate of drug-likeness (QED) is 0.476. The zero-order valence-electron chi connectivity index (χ0n) is 1.71. The second-order valence-corrected chi connectivity index (χ2v) is 0.0816. The van der Waals surface area contributed by atoms with Gasteiger partial charge >= 0.3 is 0 Å². The van der Waals surface area contributed by atoms with Crippen molar-refractivity contribution in [3.8, 4) is 0 Å². The first-order valence-electron chi connectivity index (χ1n) is 0.383. The Morgan fingerprint density at radius 1 is 1.75 bits per heavy atom. The standard InChI is InChI=1S/HNO2.W/c2-1-3;/h(H,2,3);. The molecule has 1 N–H and O–H groups in total. The molecular weight excluding hydrogens is 230 g/mol. The van der Waals surface area contributed by atoms with E-state index in [0.717, 1.165) is 0 Å². The van der Waals surface area contributed by atoms with Crippen molar-refractivity contribution in [1.29, 1.82) is 0 Å². The molecule has 0 amide bonds. The van der Waals surface area contributed by atoms with E-state index in [2.05, 4.69) is 0 Å². The summed E-state index contributed by atoms with van der Waals surface area (Å²) in [6.45, 7) is 0. The molecule has 0 aromatic carbocycles. The van der Waals surface area contributed by atoms with Crippen LogP contribution in [0.4, 0.5) is 0 Å². The fourth-order valence-corrected chi connectivity index (χ4v) is 0. The Kier molecular flexibility index (Phi) is 25.4. The van der Waals surface area contributed by atoms with Crippen LogP contribution in [0.5, 0.6) is 0 Å². The second-order valence-electron chi connectivity index (χ2n) is 0.0816. The van der Waals surface area contributed by atoms with Gasteiger partial charge in [-0.15, -0.1) is 4.91 Å². The molecule has 0 aromatic heterocycles. The fourth-order valence-electron chi connectivity index (χ4n) is 0. The van der Waals surface area contributed by atoms with Crippen LogP contribution in [0.2, 0.25) is 0 Å². The van der Waals surface area contributed by atoms with Gasteiger partial charge in [-0.3, -0.25) is 0 Å². The maximum Gasteiger partial charge on any atom is 0.152 e. The van der Waals surface area contributed by atoms with Crippen molar-refractivity contribution in [2.45, 2.75) is 0 Å². The average Bonchev–Trinajstić information content (AvgIpc) is 0.918. The minimum atomic E-state index is 0. The SMILES string of the molecule is O=NO.[W]. The molecule has 0 heterocycles. The molecule has 4 heteroatoms. The monoisotopic (exact) mass is 231 g/mol. The predicted octanol–water partition coefficient (Wildman–Crippen LogP) is 0.140. The van der Waals surface area contributed by atoms with E-state index >= 15 is 0 Å². The van der Waals surface area contributed by atoms with Gasteiger partial charge in [-0.2, -0.15) is 0 Å². The van der Waals surface area contributed by atoms with Gasteiger partial charge in [0.1, 0.15) is 0 Å². The van der Waals surface area contributed by atoms with Gasteiger partial charge in [-0.25, -0.2) is 0 Å². The summed E-state index contributed by atoms with van der Waals surface area (Å²) >= 11 is 0. The smallest absolute Gasteiger partial charge is 0.152 e. The number of nitrogens with zero attached hydrogens (tertiary/aromatic N) is 1. The Labute approximate surface area is 37.2 Å². The third-order valence-electron chi connectivity index (χ3n) is 0. The molecule has 0 spiro atoms. The van der Waals surface area contributed by atoms with Crippen molar-refractivity contribution in [3.05, 3.63) is 4.91 Å². The number of hydrogen-bond acceptors (Lipinski definition) is 2. The van der Waals surface area contributed by atoms with E-state index in [-0.39, 0.29) is 21.1 Å². The zero-order valence-corrected chi connectivity index (χ0v) is 4.64. The summed E-state index contributed by atoms with van der Waals surface area (Å²) in [6.07, 6.45) is 0. The first kappa shape index (κ1) is 8.94.